The number of alkyl carbamates (subject to hydrolysis) is 1. The molecule has 14 nitrogen and oxygen atoms in total. The molecule has 4 rings (SSSR count). The summed E-state index contributed by atoms with van der Waals surface area (Å²) in [5.41, 5.74) is 7.11. The smallest absolute Gasteiger partial charge is 0.407 e. The van der Waals surface area contributed by atoms with Crippen molar-refractivity contribution in [3.05, 3.63) is 29.2 Å². The molecule has 2 fully saturated rings. The number of nitrogens with two attached hydrogens (primary N) is 1. The van der Waals surface area contributed by atoms with E-state index in [1.807, 2.05) is 20.8 Å². The number of methoxy groups -OCH3 is 1. The second kappa shape index (κ2) is 11.7. The maximum Gasteiger partial charge on any atom is 0.407 e. The fourth-order valence-electron chi connectivity index (χ4n) is 4.05. The molecule has 39 heavy (non-hydrogen) atoms. The topological polar surface area (TPSA) is 174 Å². The van der Waals surface area contributed by atoms with Gasteiger partial charge in [0, 0.05) is 32.2 Å². The summed E-state index contributed by atoms with van der Waals surface area (Å²) in [4.78, 5) is 37.6. The molecule has 2 aromatic heterocycles. The molecule has 2 aromatic rings. The van der Waals surface area contributed by atoms with E-state index in [4.69, 9.17) is 24.7 Å². The minimum Gasteiger partial charge on any atom is -0.444 e. The summed E-state index contributed by atoms with van der Waals surface area (Å²) in [6, 6.07) is 2.46. The standard InChI is InChI=1S/C25H37N7O7/c1-14(2)21(26)23(34)38-13-32-20(27-22(33)18-8-15(11-36-5)29-31(18)4)10-17(30-32)19-9-16(12-37-19)39-24(35)28-25(3)6-7-25/h8,10,14,16,19,21H,6-7,9,11-13,26H2,1-5H3,(H,27,33)(H,28,35)/t16-,19-,21-/m0/s1. The van der Waals surface area contributed by atoms with E-state index in [0.717, 1.165) is 12.8 Å². The summed E-state index contributed by atoms with van der Waals surface area (Å²) in [5, 5.41) is 14.4. The minimum atomic E-state index is -0.799. The van der Waals surface area contributed by atoms with Gasteiger partial charge in [-0.1, -0.05) is 13.8 Å². The molecular formula is C25H37N7O7. The second-order valence-electron chi connectivity index (χ2n) is 10.6. The first-order valence-corrected chi connectivity index (χ1v) is 12.9. The molecule has 3 atom stereocenters. The van der Waals surface area contributed by atoms with Crippen LogP contribution in [0.15, 0.2) is 12.1 Å². The van der Waals surface area contributed by atoms with Gasteiger partial charge in [0.25, 0.3) is 5.91 Å². The van der Waals surface area contributed by atoms with Crippen molar-refractivity contribution >= 4 is 23.8 Å². The van der Waals surface area contributed by atoms with Gasteiger partial charge in [-0.3, -0.25) is 14.3 Å². The number of amides is 2. The van der Waals surface area contributed by atoms with Crippen LogP contribution in [-0.4, -0.2) is 68.9 Å². The Bertz CT molecular complexity index is 1200. The number of carbonyl (C=O) groups is 3. The van der Waals surface area contributed by atoms with E-state index in [1.54, 1.807) is 26.3 Å². The zero-order chi connectivity index (χ0) is 28.3. The van der Waals surface area contributed by atoms with Gasteiger partial charge in [-0.2, -0.15) is 10.2 Å². The maximum absolute atomic E-state index is 13.1. The van der Waals surface area contributed by atoms with Gasteiger partial charge in [0.2, 0.25) is 0 Å². The number of aromatic nitrogens is 4. The van der Waals surface area contributed by atoms with E-state index in [1.165, 1.54) is 9.36 Å². The maximum atomic E-state index is 13.1. The fourth-order valence-corrected chi connectivity index (χ4v) is 4.05. The Morgan fingerprint density at radius 3 is 2.67 bits per heavy atom. The number of ether oxygens (including phenoxy) is 4. The van der Waals surface area contributed by atoms with E-state index in [0.29, 0.717) is 23.5 Å². The van der Waals surface area contributed by atoms with Gasteiger partial charge in [-0.15, -0.1) is 0 Å². The van der Waals surface area contributed by atoms with Crippen LogP contribution in [0.25, 0.3) is 0 Å². The largest absolute Gasteiger partial charge is 0.444 e. The van der Waals surface area contributed by atoms with Crippen molar-refractivity contribution < 1.29 is 33.3 Å². The molecule has 0 unspecified atom stereocenters. The van der Waals surface area contributed by atoms with Crippen LogP contribution in [-0.2, 0) is 44.1 Å². The number of esters is 1. The summed E-state index contributed by atoms with van der Waals surface area (Å²) in [5.74, 6) is -0.859. The predicted molar refractivity (Wildman–Crippen MR) is 137 cm³/mol. The van der Waals surface area contributed by atoms with Gasteiger partial charge in [-0.25, -0.2) is 9.48 Å². The van der Waals surface area contributed by atoms with Crippen LogP contribution in [0, 0.1) is 5.92 Å². The predicted octanol–water partition coefficient (Wildman–Crippen LogP) is 1.61. The van der Waals surface area contributed by atoms with E-state index in [-0.39, 0.29) is 37.2 Å². The molecule has 4 N–H and O–H groups in total. The zero-order valence-electron chi connectivity index (χ0n) is 22.9. The number of nitrogens with zero attached hydrogens (tertiary/aromatic N) is 4. The Hall–Kier alpha value is -3.49. The molecule has 0 aromatic carbocycles. The summed E-state index contributed by atoms with van der Waals surface area (Å²) in [6.07, 6.45) is 0.828. The lowest BCUT2D eigenvalue weighted by Gasteiger charge is -2.15. The lowest BCUT2D eigenvalue weighted by Crippen LogP contribution is -2.37. The second-order valence-corrected chi connectivity index (χ2v) is 10.6. The fraction of sp³-hybridized carbons (Fsp3) is 0.640. The molecule has 214 valence electrons. The van der Waals surface area contributed by atoms with Crippen molar-refractivity contribution in [2.45, 2.75) is 77.2 Å². The monoisotopic (exact) mass is 547 g/mol. The average molecular weight is 548 g/mol. The van der Waals surface area contributed by atoms with Crippen LogP contribution in [0.4, 0.5) is 10.6 Å². The number of anilines is 1. The third-order valence-electron chi connectivity index (χ3n) is 6.78. The molecule has 2 amide bonds. The highest BCUT2D eigenvalue weighted by molar-refractivity contribution is 6.02. The molecule has 3 heterocycles. The Morgan fingerprint density at radius 2 is 2.00 bits per heavy atom. The van der Waals surface area contributed by atoms with E-state index in [2.05, 4.69) is 20.8 Å². The SMILES string of the molecule is COCc1cc(C(=O)Nc2cc([C@@H]3C[C@H](OC(=O)NC4(C)CC4)CO3)nn2COC(=O)[C@@H](N)C(C)C)n(C)n1. The van der Waals surface area contributed by atoms with Gasteiger partial charge >= 0.3 is 12.1 Å². The molecule has 0 radical (unpaired) electrons. The Morgan fingerprint density at radius 1 is 1.26 bits per heavy atom. The van der Waals surface area contributed by atoms with Gasteiger partial charge in [0.1, 0.15) is 29.8 Å². The molecule has 1 saturated heterocycles. The summed E-state index contributed by atoms with van der Waals surface area (Å²) in [6.45, 7) is 5.79. The van der Waals surface area contributed by atoms with Crippen LogP contribution >= 0.6 is 0 Å². The minimum absolute atomic E-state index is 0.112. The van der Waals surface area contributed by atoms with Crippen molar-refractivity contribution in [2.75, 3.05) is 19.0 Å². The first-order valence-electron chi connectivity index (χ1n) is 12.9. The number of hydrogen-bond acceptors (Lipinski definition) is 10. The van der Waals surface area contributed by atoms with Crippen LogP contribution in [0.2, 0.25) is 0 Å². The van der Waals surface area contributed by atoms with Gasteiger partial charge in [0.05, 0.1) is 24.6 Å². The molecule has 1 aliphatic carbocycles. The molecule has 14 heteroatoms. The third-order valence-corrected chi connectivity index (χ3v) is 6.78. The lowest BCUT2D eigenvalue weighted by molar-refractivity contribution is -0.150. The first kappa shape index (κ1) is 28.5. The summed E-state index contributed by atoms with van der Waals surface area (Å²) >= 11 is 0. The van der Waals surface area contributed by atoms with E-state index in [9.17, 15) is 14.4 Å². The van der Waals surface area contributed by atoms with Crippen molar-refractivity contribution in [2.24, 2.45) is 18.7 Å². The Labute approximate surface area is 226 Å². The number of carbonyl (C=O) groups excluding carboxylic acids is 3. The number of rotatable bonds is 11. The van der Waals surface area contributed by atoms with Crippen molar-refractivity contribution in [1.29, 1.82) is 0 Å². The van der Waals surface area contributed by atoms with E-state index >= 15 is 0 Å². The quantitative estimate of drug-likeness (QED) is 0.351. The molecule has 1 aliphatic heterocycles. The highest BCUT2D eigenvalue weighted by Crippen LogP contribution is 2.35. The number of aryl methyl sites for hydroxylation is 1. The molecule has 0 spiro atoms. The third kappa shape index (κ3) is 7.13. The summed E-state index contributed by atoms with van der Waals surface area (Å²) in [7, 11) is 3.19. The average Bonchev–Trinajstić information content (AvgIpc) is 3.21. The van der Waals surface area contributed by atoms with Crippen LogP contribution in [0.1, 0.15) is 68.0 Å². The normalized spacial score (nSPS) is 20.5. The van der Waals surface area contributed by atoms with Crippen molar-refractivity contribution in [3.8, 4) is 0 Å². The number of nitrogens with one attached hydrogen (secondary N) is 2. The highest BCUT2D eigenvalue weighted by Gasteiger charge is 2.40. The van der Waals surface area contributed by atoms with Gasteiger partial charge in [-0.05, 0) is 31.7 Å². The number of hydrogen-bond donors (Lipinski definition) is 3. The Kier molecular flexibility index (Phi) is 8.57. The van der Waals surface area contributed by atoms with Crippen LogP contribution in [0.5, 0.6) is 0 Å². The molecule has 0 bridgehead atoms. The molecular weight excluding hydrogens is 510 g/mol. The highest BCUT2D eigenvalue weighted by atomic mass is 16.6. The van der Waals surface area contributed by atoms with Gasteiger partial charge in [0.15, 0.2) is 6.73 Å². The van der Waals surface area contributed by atoms with E-state index < -0.39 is 36.2 Å². The van der Waals surface area contributed by atoms with Crippen molar-refractivity contribution in [1.82, 2.24) is 24.9 Å². The summed E-state index contributed by atoms with van der Waals surface area (Å²) < 4.78 is 24.6. The first-order chi connectivity index (χ1) is 18.5. The van der Waals surface area contributed by atoms with Gasteiger partial charge < -0.3 is 35.3 Å². The lowest BCUT2D eigenvalue weighted by atomic mass is 10.1. The van der Waals surface area contributed by atoms with Crippen LogP contribution in [0.3, 0.4) is 0 Å². The molecule has 1 saturated carbocycles. The molecule has 2 aliphatic rings. The zero-order valence-corrected chi connectivity index (χ0v) is 22.9. The Balaban J connectivity index is 1.47. The van der Waals surface area contributed by atoms with Crippen LogP contribution < -0.4 is 16.4 Å². The van der Waals surface area contributed by atoms with Crippen molar-refractivity contribution in [3.63, 3.8) is 0 Å².